The number of likely N-dealkylation sites (N-methyl/N-ethyl adjacent to an activating group) is 1. The van der Waals surface area contributed by atoms with E-state index in [1.54, 1.807) is 0 Å². The third-order valence-corrected chi connectivity index (χ3v) is 2.97. The highest BCUT2D eigenvalue weighted by Gasteiger charge is 2.03. The number of hydrogen-bond donors (Lipinski definition) is 1. The fraction of sp³-hybridized carbons (Fsp3) is 0.333. The Labute approximate surface area is 114 Å². The van der Waals surface area contributed by atoms with Crippen LogP contribution in [0.25, 0.3) is 0 Å². The second kappa shape index (κ2) is 6.73. The highest BCUT2D eigenvalue weighted by molar-refractivity contribution is 5.46. The molecule has 2 rings (SSSR count). The summed E-state index contributed by atoms with van der Waals surface area (Å²) in [5.41, 5.74) is 1.30. The topological polar surface area (TPSA) is 41.0 Å². The maximum absolute atomic E-state index is 4.58. The Morgan fingerprint density at radius 2 is 1.95 bits per heavy atom. The summed E-state index contributed by atoms with van der Waals surface area (Å²) in [6, 6.07) is 10.2. The Balaban J connectivity index is 1.95. The van der Waals surface area contributed by atoms with Gasteiger partial charge in [0.1, 0.15) is 11.6 Å². The van der Waals surface area contributed by atoms with Gasteiger partial charge in [-0.1, -0.05) is 6.07 Å². The van der Waals surface area contributed by atoms with Crippen LogP contribution in [0, 0.1) is 0 Å². The van der Waals surface area contributed by atoms with E-state index in [2.05, 4.69) is 46.3 Å². The van der Waals surface area contributed by atoms with Crippen LogP contribution in [0.4, 0.5) is 11.6 Å². The van der Waals surface area contributed by atoms with Gasteiger partial charge in [0.25, 0.3) is 0 Å². The number of hydrogen-bond acceptors (Lipinski definition) is 4. The van der Waals surface area contributed by atoms with Crippen molar-refractivity contribution in [2.24, 2.45) is 0 Å². The van der Waals surface area contributed by atoms with Crippen LogP contribution in [-0.2, 0) is 6.42 Å². The summed E-state index contributed by atoms with van der Waals surface area (Å²) in [6.07, 6.45) is 4.66. The normalized spacial score (nSPS) is 10.2. The summed E-state index contributed by atoms with van der Waals surface area (Å²) < 4.78 is 0. The smallest absolute Gasteiger partial charge is 0.130 e. The molecule has 1 N–H and O–H groups in total. The van der Waals surface area contributed by atoms with E-state index in [-0.39, 0.29) is 0 Å². The summed E-state index contributed by atoms with van der Waals surface area (Å²) in [4.78, 5) is 10.8. The van der Waals surface area contributed by atoms with Gasteiger partial charge in [-0.05, 0) is 43.2 Å². The standard InChI is InChI=1S/C15H20N4/c1-3-17-14-5-4-6-15(18-14)19(2)12-9-13-7-10-16-11-8-13/h4-8,10-11H,3,9,12H2,1-2H3,(H,17,18). The van der Waals surface area contributed by atoms with Crippen LogP contribution in [0.3, 0.4) is 0 Å². The van der Waals surface area contributed by atoms with Gasteiger partial charge >= 0.3 is 0 Å². The molecule has 0 saturated carbocycles. The molecule has 4 heteroatoms. The minimum absolute atomic E-state index is 0.886. The zero-order chi connectivity index (χ0) is 13.5. The van der Waals surface area contributed by atoms with Crippen molar-refractivity contribution >= 4 is 11.6 Å². The molecule has 0 radical (unpaired) electrons. The van der Waals surface area contributed by atoms with Crippen LogP contribution in [0.2, 0.25) is 0 Å². The number of pyridine rings is 2. The predicted molar refractivity (Wildman–Crippen MR) is 79.6 cm³/mol. The van der Waals surface area contributed by atoms with Crippen molar-refractivity contribution in [1.82, 2.24) is 9.97 Å². The predicted octanol–water partition coefficient (Wildman–Crippen LogP) is 2.59. The first kappa shape index (κ1) is 13.3. The molecule has 0 saturated heterocycles. The maximum atomic E-state index is 4.58. The highest BCUT2D eigenvalue weighted by Crippen LogP contribution is 2.13. The molecule has 0 atom stereocenters. The lowest BCUT2D eigenvalue weighted by atomic mass is 10.2. The molecule has 0 aliphatic rings. The lowest BCUT2D eigenvalue weighted by molar-refractivity contribution is 0.858. The molecule has 0 spiro atoms. The average Bonchev–Trinajstić information content (AvgIpc) is 2.46. The third-order valence-electron chi connectivity index (χ3n) is 2.97. The molecule has 4 nitrogen and oxygen atoms in total. The molecule has 100 valence electrons. The van der Waals surface area contributed by atoms with Crippen molar-refractivity contribution in [1.29, 1.82) is 0 Å². The van der Waals surface area contributed by atoms with Gasteiger partial charge in [-0.2, -0.15) is 0 Å². The van der Waals surface area contributed by atoms with E-state index in [9.17, 15) is 0 Å². The molecule has 0 aliphatic heterocycles. The van der Waals surface area contributed by atoms with E-state index in [4.69, 9.17) is 0 Å². The molecule has 19 heavy (non-hydrogen) atoms. The van der Waals surface area contributed by atoms with E-state index >= 15 is 0 Å². The third kappa shape index (κ3) is 3.95. The van der Waals surface area contributed by atoms with Crippen molar-refractivity contribution in [2.45, 2.75) is 13.3 Å². The molecule has 0 aliphatic carbocycles. The molecule has 0 amide bonds. The molecule has 0 bridgehead atoms. The van der Waals surface area contributed by atoms with Gasteiger partial charge in [-0.15, -0.1) is 0 Å². The molecular formula is C15H20N4. The second-order valence-electron chi connectivity index (χ2n) is 4.44. The van der Waals surface area contributed by atoms with Gasteiger partial charge < -0.3 is 10.2 Å². The van der Waals surface area contributed by atoms with Gasteiger partial charge in [-0.3, -0.25) is 4.98 Å². The van der Waals surface area contributed by atoms with E-state index in [0.717, 1.165) is 31.1 Å². The van der Waals surface area contributed by atoms with Crippen LogP contribution in [0.5, 0.6) is 0 Å². The molecule has 0 unspecified atom stereocenters. The average molecular weight is 256 g/mol. The van der Waals surface area contributed by atoms with Crippen molar-refractivity contribution < 1.29 is 0 Å². The van der Waals surface area contributed by atoms with Gasteiger partial charge in [0.2, 0.25) is 0 Å². The lowest BCUT2D eigenvalue weighted by Crippen LogP contribution is -2.21. The zero-order valence-corrected chi connectivity index (χ0v) is 11.5. The van der Waals surface area contributed by atoms with Crippen LogP contribution < -0.4 is 10.2 Å². The Kier molecular flexibility index (Phi) is 4.72. The molecule has 0 aromatic carbocycles. The lowest BCUT2D eigenvalue weighted by Gasteiger charge is -2.18. The number of anilines is 2. The van der Waals surface area contributed by atoms with Crippen molar-refractivity contribution in [3.8, 4) is 0 Å². The second-order valence-corrected chi connectivity index (χ2v) is 4.44. The Morgan fingerprint density at radius 1 is 1.16 bits per heavy atom. The molecule has 2 aromatic rings. The SMILES string of the molecule is CCNc1cccc(N(C)CCc2ccncc2)n1. The van der Waals surface area contributed by atoms with Gasteiger partial charge in [0, 0.05) is 32.5 Å². The highest BCUT2D eigenvalue weighted by atomic mass is 15.2. The minimum Gasteiger partial charge on any atom is -0.370 e. The van der Waals surface area contributed by atoms with Crippen molar-refractivity contribution in [3.63, 3.8) is 0 Å². The summed E-state index contributed by atoms with van der Waals surface area (Å²) in [6.45, 7) is 3.89. The first-order chi connectivity index (χ1) is 9.29. The molecule has 0 fully saturated rings. The fourth-order valence-electron chi connectivity index (χ4n) is 1.88. The number of rotatable bonds is 6. The number of aromatic nitrogens is 2. The maximum Gasteiger partial charge on any atom is 0.130 e. The van der Waals surface area contributed by atoms with Gasteiger partial charge in [-0.25, -0.2) is 4.98 Å². The first-order valence-corrected chi connectivity index (χ1v) is 6.60. The fourth-order valence-corrected chi connectivity index (χ4v) is 1.88. The summed E-state index contributed by atoms with van der Waals surface area (Å²) in [5, 5.41) is 3.23. The van der Waals surface area contributed by atoms with Crippen LogP contribution in [0.1, 0.15) is 12.5 Å². The first-order valence-electron chi connectivity index (χ1n) is 6.60. The van der Waals surface area contributed by atoms with Gasteiger partial charge in [0.05, 0.1) is 0 Å². The van der Waals surface area contributed by atoms with Crippen LogP contribution in [0.15, 0.2) is 42.7 Å². The van der Waals surface area contributed by atoms with Gasteiger partial charge in [0.15, 0.2) is 0 Å². The number of nitrogens with zero attached hydrogens (tertiary/aromatic N) is 3. The van der Waals surface area contributed by atoms with Crippen LogP contribution >= 0.6 is 0 Å². The van der Waals surface area contributed by atoms with Crippen molar-refractivity contribution in [3.05, 3.63) is 48.3 Å². The molecule has 2 aromatic heterocycles. The largest absolute Gasteiger partial charge is 0.370 e. The number of nitrogens with one attached hydrogen (secondary N) is 1. The van der Waals surface area contributed by atoms with E-state index in [0.29, 0.717) is 0 Å². The van der Waals surface area contributed by atoms with E-state index in [1.165, 1.54) is 5.56 Å². The molecular weight excluding hydrogens is 236 g/mol. The molecule has 2 heterocycles. The monoisotopic (exact) mass is 256 g/mol. The van der Waals surface area contributed by atoms with Crippen LogP contribution in [-0.4, -0.2) is 30.1 Å². The Hall–Kier alpha value is -2.10. The van der Waals surface area contributed by atoms with E-state index < -0.39 is 0 Å². The summed E-state index contributed by atoms with van der Waals surface area (Å²) >= 11 is 0. The Morgan fingerprint density at radius 3 is 2.68 bits per heavy atom. The van der Waals surface area contributed by atoms with E-state index in [1.807, 2.05) is 30.6 Å². The summed E-state index contributed by atoms with van der Waals surface area (Å²) in [5.74, 6) is 1.92. The quantitative estimate of drug-likeness (QED) is 0.862. The minimum atomic E-state index is 0.886. The summed E-state index contributed by atoms with van der Waals surface area (Å²) in [7, 11) is 2.07. The Bertz CT molecular complexity index is 499. The zero-order valence-electron chi connectivity index (χ0n) is 11.5. The van der Waals surface area contributed by atoms with Crippen molar-refractivity contribution in [2.75, 3.05) is 30.4 Å².